The molecule has 8 heteroatoms. The minimum absolute atomic E-state index is 0.118. The van der Waals surface area contributed by atoms with Gasteiger partial charge in [-0.25, -0.2) is 4.98 Å². The first-order chi connectivity index (χ1) is 18.3. The van der Waals surface area contributed by atoms with Crippen molar-refractivity contribution in [3.63, 3.8) is 0 Å². The first-order valence-electron chi connectivity index (χ1n) is 11.9. The number of imidazole rings is 1. The number of carbonyl (C=O) groups excluding carboxylic acids is 1. The van der Waals surface area contributed by atoms with E-state index in [-0.39, 0.29) is 18.9 Å². The number of alkyl halides is 3. The largest absolute Gasteiger partial charge is 0.416 e. The van der Waals surface area contributed by atoms with Crippen molar-refractivity contribution in [2.24, 2.45) is 0 Å². The molecule has 0 saturated carbocycles. The molecule has 4 nitrogen and oxygen atoms in total. The Balaban J connectivity index is 1.23. The van der Waals surface area contributed by atoms with Crippen molar-refractivity contribution in [3.05, 3.63) is 114 Å². The average molecular weight is 532 g/mol. The first-order valence-corrected chi connectivity index (χ1v) is 13.2. The summed E-state index contributed by atoms with van der Waals surface area (Å²) in [5.74, 6) is -0.339. The fraction of sp³-hybridized carbons (Fsp3) is 0.133. The molecule has 192 valence electrons. The molecule has 1 N–H and O–H groups in total. The Morgan fingerprint density at radius 3 is 2.34 bits per heavy atom. The topological polar surface area (TPSA) is 46.4 Å². The maximum Gasteiger partial charge on any atom is 0.416 e. The zero-order valence-electron chi connectivity index (χ0n) is 20.5. The fourth-order valence-corrected chi connectivity index (χ4v) is 4.67. The highest BCUT2D eigenvalue weighted by Gasteiger charge is 2.30. The lowest BCUT2D eigenvalue weighted by molar-refractivity contribution is -0.137. The van der Waals surface area contributed by atoms with Crippen LogP contribution < -0.4 is 5.32 Å². The predicted molar refractivity (Wildman–Crippen MR) is 145 cm³/mol. The highest BCUT2D eigenvalue weighted by atomic mass is 32.2. The molecule has 0 unspecified atom stereocenters. The van der Waals surface area contributed by atoms with Crippen LogP contribution in [-0.2, 0) is 23.9 Å². The lowest BCUT2D eigenvalue weighted by Gasteiger charge is -2.10. The molecule has 2 heterocycles. The number of benzene rings is 3. The Morgan fingerprint density at radius 2 is 1.63 bits per heavy atom. The molecule has 0 aliphatic rings. The number of carbonyl (C=O) groups is 1. The summed E-state index contributed by atoms with van der Waals surface area (Å²) >= 11 is 1.71. The molecular formula is C30H24F3N3OS. The van der Waals surface area contributed by atoms with E-state index in [0.29, 0.717) is 5.56 Å². The van der Waals surface area contributed by atoms with Crippen molar-refractivity contribution in [2.75, 3.05) is 6.26 Å². The van der Waals surface area contributed by atoms with E-state index in [2.05, 4.69) is 53.0 Å². The second-order valence-corrected chi connectivity index (χ2v) is 9.74. The number of hydrogen-bond donors (Lipinski definition) is 1. The van der Waals surface area contributed by atoms with Crippen LogP contribution in [0.2, 0.25) is 0 Å². The summed E-state index contributed by atoms with van der Waals surface area (Å²) in [5, 5.41) is 2.78. The molecule has 0 atom stereocenters. The fourth-order valence-electron chi connectivity index (χ4n) is 4.26. The molecule has 5 aromatic rings. The van der Waals surface area contributed by atoms with E-state index >= 15 is 0 Å². The Hall–Kier alpha value is -4.04. The highest BCUT2D eigenvalue weighted by Crippen LogP contribution is 2.30. The first kappa shape index (κ1) is 25.6. The van der Waals surface area contributed by atoms with Gasteiger partial charge in [0.2, 0.25) is 5.91 Å². The van der Waals surface area contributed by atoms with Crippen molar-refractivity contribution >= 4 is 23.3 Å². The van der Waals surface area contributed by atoms with E-state index in [0.717, 1.165) is 45.7 Å². The summed E-state index contributed by atoms with van der Waals surface area (Å²) in [5.41, 5.74) is 5.45. The summed E-state index contributed by atoms with van der Waals surface area (Å²) < 4.78 is 40.7. The van der Waals surface area contributed by atoms with Crippen LogP contribution >= 0.6 is 11.8 Å². The number of fused-ring (bicyclic) bond motifs is 1. The van der Waals surface area contributed by atoms with Gasteiger partial charge in [0, 0.05) is 23.2 Å². The molecular weight excluding hydrogens is 507 g/mol. The Kier molecular flexibility index (Phi) is 7.24. The molecule has 0 bridgehead atoms. The monoisotopic (exact) mass is 531 g/mol. The van der Waals surface area contributed by atoms with Gasteiger partial charge >= 0.3 is 6.18 Å². The van der Waals surface area contributed by atoms with Crippen molar-refractivity contribution in [3.8, 4) is 22.4 Å². The smallest absolute Gasteiger partial charge is 0.352 e. The lowest BCUT2D eigenvalue weighted by Crippen LogP contribution is -2.24. The Bertz CT molecular complexity index is 1580. The van der Waals surface area contributed by atoms with Crippen molar-refractivity contribution in [1.29, 1.82) is 0 Å². The van der Waals surface area contributed by atoms with Crippen LogP contribution in [-0.4, -0.2) is 21.5 Å². The van der Waals surface area contributed by atoms with Crippen LogP contribution in [0.25, 0.3) is 28.0 Å². The average Bonchev–Trinajstić information content (AvgIpc) is 3.35. The minimum atomic E-state index is -4.43. The molecule has 0 saturated heterocycles. The maximum absolute atomic E-state index is 12.9. The number of halogens is 3. The van der Waals surface area contributed by atoms with E-state index in [4.69, 9.17) is 0 Å². The van der Waals surface area contributed by atoms with Gasteiger partial charge in [-0.05, 0) is 58.8 Å². The molecule has 0 aliphatic carbocycles. The van der Waals surface area contributed by atoms with Gasteiger partial charge < -0.3 is 5.32 Å². The van der Waals surface area contributed by atoms with E-state index < -0.39 is 11.7 Å². The van der Waals surface area contributed by atoms with Gasteiger partial charge in [0.25, 0.3) is 0 Å². The molecule has 0 spiro atoms. The third-order valence-electron chi connectivity index (χ3n) is 6.29. The van der Waals surface area contributed by atoms with Gasteiger partial charge in [-0.15, -0.1) is 11.8 Å². The molecule has 0 fully saturated rings. The predicted octanol–water partition coefficient (Wildman–Crippen LogP) is 7.27. The van der Waals surface area contributed by atoms with E-state index in [1.54, 1.807) is 11.8 Å². The summed E-state index contributed by atoms with van der Waals surface area (Å²) in [6.07, 6.45) is 1.35. The van der Waals surface area contributed by atoms with E-state index in [1.165, 1.54) is 17.0 Å². The normalized spacial score (nSPS) is 11.6. The number of nitrogens with one attached hydrogen (secondary N) is 1. The van der Waals surface area contributed by atoms with E-state index in [1.807, 2.05) is 41.1 Å². The van der Waals surface area contributed by atoms with Crippen LogP contribution in [0.4, 0.5) is 13.2 Å². The second-order valence-electron chi connectivity index (χ2n) is 8.86. The minimum Gasteiger partial charge on any atom is -0.352 e. The molecule has 5 rings (SSSR count). The molecule has 38 heavy (non-hydrogen) atoms. The maximum atomic E-state index is 12.9. The molecule has 3 aromatic carbocycles. The van der Waals surface area contributed by atoms with Crippen LogP contribution in [0, 0.1) is 0 Å². The quantitative estimate of drug-likeness (QED) is 0.225. The Morgan fingerprint density at radius 1 is 0.895 bits per heavy atom. The number of pyridine rings is 1. The van der Waals surface area contributed by atoms with Crippen molar-refractivity contribution < 1.29 is 18.0 Å². The summed E-state index contributed by atoms with van der Waals surface area (Å²) in [7, 11) is 0. The van der Waals surface area contributed by atoms with Crippen molar-refractivity contribution in [1.82, 2.24) is 14.7 Å². The van der Waals surface area contributed by atoms with Crippen molar-refractivity contribution in [2.45, 2.75) is 24.0 Å². The van der Waals surface area contributed by atoms with Gasteiger partial charge in [-0.3, -0.25) is 9.20 Å². The SMILES string of the molecule is CSc1ccc(-c2ccn3c(-c4ccc(CNC(=O)Cc5cccc(C(F)(F)F)c5)cc4)cnc3c2)cc1. The van der Waals surface area contributed by atoms with Gasteiger partial charge in [0.05, 0.1) is 23.9 Å². The summed E-state index contributed by atoms with van der Waals surface area (Å²) in [4.78, 5) is 18.1. The molecule has 2 aromatic heterocycles. The molecule has 0 aliphatic heterocycles. The van der Waals surface area contributed by atoms with Gasteiger partial charge in [-0.2, -0.15) is 13.2 Å². The third-order valence-corrected chi connectivity index (χ3v) is 7.04. The second kappa shape index (κ2) is 10.8. The van der Waals surface area contributed by atoms with E-state index in [9.17, 15) is 18.0 Å². The zero-order valence-corrected chi connectivity index (χ0v) is 21.3. The number of nitrogens with zero attached hydrogens (tertiary/aromatic N) is 2. The lowest BCUT2D eigenvalue weighted by atomic mass is 10.1. The van der Waals surface area contributed by atoms with Crippen LogP contribution in [0.15, 0.2) is 102 Å². The zero-order chi connectivity index (χ0) is 26.7. The third kappa shape index (κ3) is 5.75. The summed E-state index contributed by atoms with van der Waals surface area (Å²) in [6, 6.07) is 25.2. The molecule has 0 radical (unpaired) electrons. The van der Waals surface area contributed by atoms with Gasteiger partial charge in [0.15, 0.2) is 0 Å². The standard InChI is InChI=1S/C30H24F3N3OS/c1-38-26-11-9-22(10-12-26)24-13-14-36-27(19-34-28(36)17-24)23-7-5-20(6-8-23)18-35-29(37)16-21-3-2-4-25(15-21)30(31,32)33/h2-15,17,19H,16,18H2,1H3,(H,35,37). The van der Waals surface area contributed by atoms with Crippen LogP contribution in [0.5, 0.6) is 0 Å². The van der Waals surface area contributed by atoms with Gasteiger partial charge in [-0.1, -0.05) is 54.6 Å². The van der Waals surface area contributed by atoms with Crippen LogP contribution in [0.1, 0.15) is 16.7 Å². The number of rotatable bonds is 7. The highest BCUT2D eigenvalue weighted by molar-refractivity contribution is 7.98. The number of hydrogen-bond acceptors (Lipinski definition) is 3. The number of amides is 1. The number of aromatic nitrogens is 2. The molecule has 1 amide bonds. The van der Waals surface area contributed by atoms with Gasteiger partial charge in [0.1, 0.15) is 5.65 Å². The number of thioether (sulfide) groups is 1. The Labute approximate surface area is 222 Å². The summed E-state index contributed by atoms with van der Waals surface area (Å²) in [6.45, 7) is 0.282. The van der Waals surface area contributed by atoms with Crippen LogP contribution in [0.3, 0.4) is 0 Å².